The van der Waals surface area contributed by atoms with Gasteiger partial charge in [0.05, 0.1) is 19.0 Å². The first-order chi connectivity index (χ1) is 15.4. The average Bonchev–Trinajstić information content (AvgIpc) is 3.00. The third-order valence-electron chi connectivity index (χ3n) is 4.29. The van der Waals surface area contributed by atoms with Crippen LogP contribution in [0.25, 0.3) is 0 Å². The molecule has 0 fully saturated rings. The largest absolute Gasteiger partial charge is 0.494 e. The van der Waals surface area contributed by atoms with Crippen LogP contribution in [0.3, 0.4) is 0 Å². The minimum Gasteiger partial charge on any atom is -0.494 e. The van der Waals surface area contributed by atoms with Crippen molar-refractivity contribution in [1.29, 1.82) is 0 Å². The number of rotatable bonds is 6. The molecule has 0 bridgehead atoms. The van der Waals surface area contributed by atoms with E-state index in [-0.39, 0.29) is 33.9 Å². The van der Waals surface area contributed by atoms with Gasteiger partial charge in [-0.2, -0.15) is 5.10 Å². The lowest BCUT2D eigenvalue weighted by molar-refractivity contribution is -0.157. The molecule has 176 valence electrons. The second-order valence-corrected chi connectivity index (χ2v) is 9.88. The highest BCUT2D eigenvalue weighted by Crippen LogP contribution is 2.36. The lowest BCUT2D eigenvalue weighted by Crippen LogP contribution is -2.27. The number of hydrazone groups is 1. The third kappa shape index (κ3) is 5.67. The molecule has 0 N–H and O–H groups in total. The zero-order valence-electron chi connectivity index (χ0n) is 18.8. The summed E-state index contributed by atoms with van der Waals surface area (Å²) in [6, 6.07) is 8.34. The summed E-state index contributed by atoms with van der Waals surface area (Å²) in [5.41, 5.74) is 0.0270. The van der Waals surface area contributed by atoms with E-state index in [0.29, 0.717) is 5.56 Å². The Kier molecular flexibility index (Phi) is 6.73. The molecule has 3 rings (SSSR count). The van der Waals surface area contributed by atoms with Gasteiger partial charge in [-0.1, -0.05) is 6.07 Å². The highest BCUT2D eigenvalue weighted by Gasteiger charge is 2.35. The first kappa shape index (κ1) is 24.2. The van der Waals surface area contributed by atoms with E-state index in [0.717, 1.165) is 5.01 Å². The van der Waals surface area contributed by atoms with E-state index in [4.69, 9.17) is 14.2 Å². The van der Waals surface area contributed by atoms with E-state index in [2.05, 4.69) is 10.1 Å². The molecule has 11 heteroatoms. The summed E-state index contributed by atoms with van der Waals surface area (Å²) < 4.78 is 54.8. The Bertz CT molecular complexity index is 1240. The Labute approximate surface area is 191 Å². The number of nitrogens with zero attached hydrogens (tertiary/aromatic N) is 3. The Balaban J connectivity index is 1.77. The van der Waals surface area contributed by atoms with Crippen molar-refractivity contribution in [3.8, 4) is 11.5 Å². The van der Waals surface area contributed by atoms with Crippen LogP contribution >= 0.6 is 0 Å². The molecule has 33 heavy (non-hydrogen) atoms. The predicted molar refractivity (Wildman–Crippen MR) is 120 cm³/mol. The summed E-state index contributed by atoms with van der Waals surface area (Å²) in [7, 11) is -1.14. The van der Waals surface area contributed by atoms with Gasteiger partial charge < -0.3 is 14.2 Å². The summed E-state index contributed by atoms with van der Waals surface area (Å²) in [6.45, 7) is 4.90. The zero-order chi connectivity index (χ0) is 24.4. The summed E-state index contributed by atoms with van der Waals surface area (Å²) in [5.74, 6) is -0.764. The number of benzene rings is 2. The maximum Gasteiger partial charge on any atom is 0.344 e. The van der Waals surface area contributed by atoms with Gasteiger partial charge in [0.1, 0.15) is 16.2 Å². The van der Waals surface area contributed by atoms with E-state index in [1.807, 2.05) is 0 Å². The quantitative estimate of drug-likeness (QED) is 0.357. The van der Waals surface area contributed by atoms with Gasteiger partial charge in [-0.05, 0) is 50.6 Å². The number of hydrogen-bond donors (Lipinski definition) is 0. The molecule has 0 radical (unpaired) electrons. The Morgan fingerprint density at radius 1 is 1.21 bits per heavy atom. The Morgan fingerprint density at radius 3 is 2.61 bits per heavy atom. The molecule has 2 aromatic rings. The van der Waals surface area contributed by atoms with Crippen LogP contribution in [-0.2, 0) is 19.4 Å². The molecule has 0 aliphatic carbocycles. The molecule has 0 unspecified atom stereocenters. The molecule has 0 atom stereocenters. The van der Waals surface area contributed by atoms with Crippen molar-refractivity contribution < 1.29 is 31.8 Å². The molecule has 1 aliphatic heterocycles. The molecule has 0 saturated heterocycles. The van der Waals surface area contributed by atoms with Crippen molar-refractivity contribution in [2.75, 3.05) is 20.8 Å². The number of hydrogen-bond acceptors (Lipinski definition) is 9. The minimum absolute atomic E-state index is 0.00683. The number of ether oxygens (including phenoxy) is 3. The van der Waals surface area contributed by atoms with Gasteiger partial charge in [0, 0.05) is 13.1 Å². The number of carbonyl (C=O) groups is 1. The van der Waals surface area contributed by atoms with Crippen LogP contribution in [0.4, 0.5) is 10.1 Å². The third-order valence-corrected chi connectivity index (χ3v) is 6.05. The Morgan fingerprint density at radius 2 is 1.94 bits per heavy atom. The van der Waals surface area contributed by atoms with Gasteiger partial charge in [-0.3, -0.25) is 0 Å². The summed E-state index contributed by atoms with van der Waals surface area (Å²) in [6.07, 6.45) is 1.36. The summed E-state index contributed by atoms with van der Waals surface area (Å²) in [5, 5.41) is 4.92. The molecule has 0 amide bonds. The maximum absolute atomic E-state index is 13.6. The van der Waals surface area contributed by atoms with Crippen molar-refractivity contribution in [2.24, 2.45) is 10.1 Å². The topological polar surface area (TPSA) is 107 Å². The lowest BCUT2D eigenvalue weighted by Gasteiger charge is -2.19. The fourth-order valence-electron chi connectivity index (χ4n) is 2.88. The number of amidine groups is 1. The van der Waals surface area contributed by atoms with Crippen LogP contribution in [0.15, 0.2) is 51.4 Å². The molecule has 0 saturated carbocycles. The van der Waals surface area contributed by atoms with E-state index in [1.54, 1.807) is 20.8 Å². The van der Waals surface area contributed by atoms with Crippen LogP contribution in [0.2, 0.25) is 0 Å². The standard InChI is InChI=1S/C22H24FN3O6S/c1-22(2,3)32-20(27)13-31-15-7-9-19-17(11-15)25-21(33(19,28)29)26(4)24-12-14-6-8-16(23)18(10-14)30-5/h6-12H,13H2,1-5H3/b24-12+. The predicted octanol–water partition coefficient (Wildman–Crippen LogP) is 3.30. The van der Waals surface area contributed by atoms with E-state index >= 15 is 0 Å². The molecule has 9 nitrogen and oxygen atoms in total. The monoisotopic (exact) mass is 477 g/mol. The van der Waals surface area contributed by atoms with Crippen molar-refractivity contribution in [3.63, 3.8) is 0 Å². The molecule has 1 aliphatic rings. The van der Waals surface area contributed by atoms with Crippen molar-refractivity contribution in [2.45, 2.75) is 31.3 Å². The molecular formula is C22H24FN3O6S. The van der Waals surface area contributed by atoms with Crippen LogP contribution in [0.5, 0.6) is 11.5 Å². The van der Waals surface area contributed by atoms with Crippen molar-refractivity contribution >= 4 is 32.9 Å². The van der Waals surface area contributed by atoms with Crippen molar-refractivity contribution in [3.05, 3.63) is 47.8 Å². The maximum atomic E-state index is 13.6. The molecule has 0 spiro atoms. The lowest BCUT2D eigenvalue weighted by atomic mass is 10.2. The van der Waals surface area contributed by atoms with Crippen LogP contribution < -0.4 is 9.47 Å². The number of sulfone groups is 1. The fourth-order valence-corrected chi connectivity index (χ4v) is 4.32. The fraction of sp³-hybridized carbons (Fsp3) is 0.318. The minimum atomic E-state index is -3.91. The van der Waals surface area contributed by atoms with Gasteiger partial charge >= 0.3 is 5.97 Å². The van der Waals surface area contributed by atoms with Gasteiger partial charge in [0.15, 0.2) is 18.2 Å². The van der Waals surface area contributed by atoms with Crippen molar-refractivity contribution in [1.82, 2.24) is 5.01 Å². The molecule has 2 aromatic carbocycles. The number of methoxy groups -OCH3 is 1. The first-order valence-electron chi connectivity index (χ1n) is 9.84. The second kappa shape index (κ2) is 9.18. The first-order valence-corrected chi connectivity index (χ1v) is 11.3. The highest BCUT2D eigenvalue weighted by molar-refractivity contribution is 8.06. The smallest absolute Gasteiger partial charge is 0.344 e. The second-order valence-electron chi connectivity index (χ2n) is 8.06. The van der Waals surface area contributed by atoms with Gasteiger partial charge in [-0.15, -0.1) is 0 Å². The number of halogens is 1. The number of fused-ring (bicyclic) bond motifs is 1. The highest BCUT2D eigenvalue weighted by atomic mass is 32.2. The number of esters is 1. The van der Waals surface area contributed by atoms with E-state index < -0.39 is 27.2 Å². The van der Waals surface area contributed by atoms with Crippen LogP contribution in [0.1, 0.15) is 26.3 Å². The summed E-state index contributed by atoms with van der Waals surface area (Å²) >= 11 is 0. The summed E-state index contributed by atoms with van der Waals surface area (Å²) in [4.78, 5) is 16.0. The van der Waals surface area contributed by atoms with Crippen LogP contribution in [-0.4, -0.2) is 57.1 Å². The SMILES string of the molecule is COc1cc(/C=N/N(C)C2=Nc3cc(OCC(=O)OC(C)(C)C)ccc3S2(=O)=O)ccc1F. The van der Waals surface area contributed by atoms with E-state index in [1.165, 1.54) is 56.8 Å². The van der Waals surface area contributed by atoms with Gasteiger partial charge in [-0.25, -0.2) is 27.6 Å². The zero-order valence-corrected chi connectivity index (χ0v) is 19.6. The number of carbonyl (C=O) groups excluding carboxylic acids is 1. The normalized spacial score (nSPS) is 14.5. The molecule has 1 heterocycles. The molecular weight excluding hydrogens is 453 g/mol. The molecule has 0 aromatic heterocycles. The average molecular weight is 478 g/mol. The van der Waals surface area contributed by atoms with Gasteiger partial charge in [0.2, 0.25) is 15.0 Å². The van der Waals surface area contributed by atoms with Gasteiger partial charge in [0.25, 0.3) is 0 Å². The van der Waals surface area contributed by atoms with Crippen LogP contribution in [0, 0.1) is 5.82 Å². The number of aliphatic imine (C=N–C) groups is 1. The van der Waals surface area contributed by atoms with E-state index in [9.17, 15) is 17.6 Å². The Hall–Kier alpha value is -3.47.